The van der Waals surface area contributed by atoms with Crippen LogP contribution in [0.15, 0.2) is 52.8 Å². The molecule has 1 N–H and O–H groups in total. The number of oxime groups is 1. The summed E-state index contributed by atoms with van der Waals surface area (Å²) in [6.07, 6.45) is 2.71. The van der Waals surface area contributed by atoms with E-state index in [4.69, 9.17) is 9.57 Å². The molecule has 0 saturated carbocycles. The van der Waals surface area contributed by atoms with Gasteiger partial charge in [0.15, 0.2) is 22.6 Å². The van der Waals surface area contributed by atoms with E-state index < -0.39 is 21.1 Å². The van der Waals surface area contributed by atoms with Crippen molar-refractivity contribution >= 4 is 38.1 Å². The predicted octanol–water partition coefficient (Wildman–Crippen LogP) is 1.84. The quantitative estimate of drug-likeness (QED) is 0.308. The second-order valence-electron chi connectivity index (χ2n) is 6.96. The second-order valence-corrected chi connectivity index (χ2v) is 9.99. The Labute approximate surface area is 199 Å². The number of methoxy groups -OCH3 is 1. The SMILES string of the molecule is COCCN(C)S(=O)(=O)c1ccc(C(=NOCc2ccn(C)n2)C(=O)Nc2ncc(F)s2)cc1. The largest absolute Gasteiger partial charge is 0.389 e. The number of nitrogens with one attached hydrogen (secondary N) is 1. The number of likely N-dealkylation sites (N-methyl/N-ethyl adjacent to an activating group) is 1. The van der Waals surface area contributed by atoms with Gasteiger partial charge < -0.3 is 9.57 Å². The van der Waals surface area contributed by atoms with Crippen LogP contribution in [0.4, 0.5) is 9.52 Å². The monoisotopic (exact) mass is 510 g/mol. The van der Waals surface area contributed by atoms with E-state index in [0.717, 1.165) is 6.20 Å². The number of rotatable bonds is 11. The molecule has 11 nitrogen and oxygen atoms in total. The summed E-state index contributed by atoms with van der Waals surface area (Å²) in [4.78, 5) is 21.9. The maximum absolute atomic E-state index is 13.3. The normalized spacial score (nSPS) is 12.2. The van der Waals surface area contributed by atoms with E-state index >= 15 is 0 Å². The Bertz CT molecular complexity index is 1260. The number of benzene rings is 1. The summed E-state index contributed by atoms with van der Waals surface area (Å²) in [6.45, 7) is 0.428. The Morgan fingerprint density at radius 2 is 2.03 bits per heavy atom. The number of carbonyl (C=O) groups is 1. The van der Waals surface area contributed by atoms with Gasteiger partial charge in [0, 0.05) is 39.5 Å². The van der Waals surface area contributed by atoms with Gasteiger partial charge >= 0.3 is 0 Å². The molecule has 2 aromatic heterocycles. The number of nitrogens with zero attached hydrogens (tertiary/aromatic N) is 5. The fraction of sp³-hybridized carbons (Fsp3) is 0.300. The summed E-state index contributed by atoms with van der Waals surface area (Å²) in [5.41, 5.74) is 0.728. The summed E-state index contributed by atoms with van der Waals surface area (Å²) in [5.74, 6) is -0.705. The highest BCUT2D eigenvalue weighted by Gasteiger charge is 2.22. The lowest BCUT2D eigenvalue weighted by Crippen LogP contribution is -2.30. The van der Waals surface area contributed by atoms with Crippen molar-refractivity contribution in [1.29, 1.82) is 0 Å². The van der Waals surface area contributed by atoms with Gasteiger partial charge in [0.05, 0.1) is 17.7 Å². The number of hydrogen-bond donors (Lipinski definition) is 1. The van der Waals surface area contributed by atoms with Crippen molar-refractivity contribution in [3.05, 3.63) is 59.1 Å². The van der Waals surface area contributed by atoms with Gasteiger partial charge in [-0.15, -0.1) is 0 Å². The first-order valence-corrected chi connectivity index (χ1v) is 12.1. The molecule has 0 aliphatic carbocycles. The van der Waals surface area contributed by atoms with E-state index in [0.29, 0.717) is 17.0 Å². The smallest absolute Gasteiger partial charge is 0.280 e. The van der Waals surface area contributed by atoms with E-state index in [1.807, 2.05) is 0 Å². The van der Waals surface area contributed by atoms with Crippen LogP contribution < -0.4 is 5.32 Å². The molecule has 1 amide bonds. The van der Waals surface area contributed by atoms with Crippen LogP contribution in [-0.2, 0) is 38.0 Å². The zero-order valence-corrected chi connectivity index (χ0v) is 20.3. The van der Waals surface area contributed by atoms with Crippen molar-refractivity contribution in [2.24, 2.45) is 12.2 Å². The van der Waals surface area contributed by atoms with Crippen molar-refractivity contribution in [1.82, 2.24) is 19.1 Å². The Kier molecular flexibility index (Phi) is 8.44. The Morgan fingerprint density at radius 1 is 1.29 bits per heavy atom. The van der Waals surface area contributed by atoms with Crippen molar-refractivity contribution < 1.29 is 27.2 Å². The van der Waals surface area contributed by atoms with Gasteiger partial charge in [0.2, 0.25) is 10.0 Å². The first kappa shape index (κ1) is 25.4. The van der Waals surface area contributed by atoms with E-state index in [1.54, 1.807) is 24.0 Å². The van der Waals surface area contributed by atoms with E-state index in [2.05, 4.69) is 20.6 Å². The fourth-order valence-electron chi connectivity index (χ4n) is 2.70. The van der Waals surface area contributed by atoms with Crippen LogP contribution in [0, 0.1) is 5.13 Å². The maximum Gasteiger partial charge on any atom is 0.280 e. The Balaban J connectivity index is 1.84. The molecule has 182 valence electrons. The molecule has 0 spiro atoms. The lowest BCUT2D eigenvalue weighted by Gasteiger charge is -2.17. The minimum Gasteiger partial charge on any atom is -0.389 e. The molecule has 0 atom stereocenters. The molecule has 1 aromatic carbocycles. The van der Waals surface area contributed by atoms with E-state index in [-0.39, 0.29) is 41.1 Å². The molecule has 34 heavy (non-hydrogen) atoms. The number of carbonyl (C=O) groups excluding carboxylic acids is 1. The van der Waals surface area contributed by atoms with Crippen LogP contribution in [0.2, 0.25) is 0 Å². The predicted molar refractivity (Wildman–Crippen MR) is 123 cm³/mol. The molecule has 0 fully saturated rings. The third-order valence-electron chi connectivity index (χ3n) is 4.50. The average molecular weight is 511 g/mol. The lowest BCUT2D eigenvalue weighted by molar-refractivity contribution is -0.110. The van der Waals surface area contributed by atoms with Crippen molar-refractivity contribution in [2.75, 3.05) is 32.6 Å². The Hall–Kier alpha value is -3.20. The minimum absolute atomic E-state index is 0.000255. The number of thiazole rings is 1. The number of aromatic nitrogens is 3. The van der Waals surface area contributed by atoms with Gasteiger partial charge in [-0.25, -0.2) is 13.4 Å². The zero-order chi connectivity index (χ0) is 24.7. The van der Waals surface area contributed by atoms with Crippen molar-refractivity contribution in [2.45, 2.75) is 11.5 Å². The van der Waals surface area contributed by atoms with Crippen LogP contribution >= 0.6 is 11.3 Å². The first-order chi connectivity index (χ1) is 16.2. The maximum atomic E-state index is 13.3. The lowest BCUT2D eigenvalue weighted by atomic mass is 10.1. The number of halogens is 1. The number of ether oxygens (including phenoxy) is 1. The fourth-order valence-corrected chi connectivity index (χ4v) is 4.40. The van der Waals surface area contributed by atoms with E-state index in [1.165, 1.54) is 42.7 Å². The highest BCUT2D eigenvalue weighted by Crippen LogP contribution is 2.18. The van der Waals surface area contributed by atoms with Crippen LogP contribution in [0.1, 0.15) is 11.3 Å². The van der Waals surface area contributed by atoms with Gasteiger partial charge in [-0.05, 0) is 18.2 Å². The van der Waals surface area contributed by atoms with Crippen LogP contribution in [0.25, 0.3) is 0 Å². The molecular formula is C20H23FN6O5S2. The van der Waals surface area contributed by atoms with Gasteiger partial charge in [0.25, 0.3) is 5.91 Å². The van der Waals surface area contributed by atoms with E-state index in [9.17, 15) is 17.6 Å². The zero-order valence-electron chi connectivity index (χ0n) is 18.6. The third-order valence-corrected chi connectivity index (χ3v) is 7.07. The van der Waals surface area contributed by atoms with Crippen LogP contribution in [0.3, 0.4) is 0 Å². The molecule has 0 saturated heterocycles. The molecule has 0 radical (unpaired) electrons. The molecule has 0 aliphatic rings. The van der Waals surface area contributed by atoms with Crippen LogP contribution in [0.5, 0.6) is 0 Å². The summed E-state index contributed by atoms with van der Waals surface area (Å²) in [7, 11) is 0.931. The molecule has 3 rings (SSSR count). The van der Waals surface area contributed by atoms with Crippen molar-refractivity contribution in [3.8, 4) is 0 Å². The van der Waals surface area contributed by atoms with Gasteiger partial charge in [-0.1, -0.05) is 28.6 Å². The van der Waals surface area contributed by atoms with Gasteiger partial charge in [0.1, 0.15) is 5.69 Å². The molecule has 2 heterocycles. The molecule has 0 bridgehead atoms. The summed E-state index contributed by atoms with van der Waals surface area (Å²) in [6, 6.07) is 7.31. The molecule has 0 unspecified atom stereocenters. The Morgan fingerprint density at radius 3 is 2.62 bits per heavy atom. The minimum atomic E-state index is -3.75. The molecule has 3 aromatic rings. The molecule has 0 aliphatic heterocycles. The summed E-state index contributed by atoms with van der Waals surface area (Å²) >= 11 is 0.654. The number of anilines is 1. The summed E-state index contributed by atoms with van der Waals surface area (Å²) < 4.78 is 46.4. The molecule has 14 heteroatoms. The second kappa shape index (κ2) is 11.3. The van der Waals surface area contributed by atoms with Crippen LogP contribution in [-0.4, -0.2) is 66.4 Å². The van der Waals surface area contributed by atoms with Gasteiger partial charge in [-0.2, -0.15) is 13.8 Å². The van der Waals surface area contributed by atoms with Crippen molar-refractivity contribution in [3.63, 3.8) is 0 Å². The summed E-state index contributed by atoms with van der Waals surface area (Å²) in [5, 5.41) is 10.0. The standard InChI is InChI=1S/C20H23FN6O5S2/c1-26-9-8-15(24-26)13-32-25-18(19(28)23-20-22-12-17(21)33-20)14-4-6-16(7-5-14)34(29,30)27(2)10-11-31-3/h4-9,12H,10-11,13H2,1-3H3,(H,22,23,28). The number of sulfonamides is 1. The number of hydrogen-bond acceptors (Lipinski definition) is 9. The number of amides is 1. The average Bonchev–Trinajstić information content (AvgIpc) is 3.42. The highest BCUT2D eigenvalue weighted by atomic mass is 32.2. The third kappa shape index (κ3) is 6.44. The number of aryl methyl sites for hydroxylation is 1. The molecular weight excluding hydrogens is 487 g/mol. The highest BCUT2D eigenvalue weighted by molar-refractivity contribution is 7.89. The van der Waals surface area contributed by atoms with Gasteiger partial charge in [-0.3, -0.25) is 14.8 Å². The topological polar surface area (TPSA) is 128 Å². The first-order valence-electron chi connectivity index (χ1n) is 9.87.